The van der Waals surface area contributed by atoms with E-state index in [9.17, 15) is 4.79 Å². The largest absolute Gasteiger partial charge is 0.343 e. The molecule has 2 aromatic rings. The number of anilines is 2. The molecule has 1 aliphatic rings. The zero-order valence-corrected chi connectivity index (χ0v) is 14.0. The van der Waals surface area contributed by atoms with Crippen LogP contribution in [-0.2, 0) is 4.79 Å². The van der Waals surface area contributed by atoms with Gasteiger partial charge in [-0.05, 0) is 19.9 Å². The molecule has 1 amide bonds. The highest BCUT2D eigenvalue weighted by molar-refractivity contribution is 7.13. The molecule has 0 radical (unpaired) electrons. The van der Waals surface area contributed by atoms with E-state index < -0.39 is 0 Å². The van der Waals surface area contributed by atoms with Crippen molar-refractivity contribution in [1.29, 1.82) is 0 Å². The summed E-state index contributed by atoms with van der Waals surface area (Å²) in [5, 5.41) is 5.80. The van der Waals surface area contributed by atoms with Crippen molar-refractivity contribution in [3.63, 3.8) is 0 Å². The molecule has 0 saturated carbocycles. The fourth-order valence-corrected chi connectivity index (χ4v) is 3.50. The zero-order chi connectivity index (χ0) is 16.2. The second-order valence-corrected chi connectivity index (χ2v) is 6.46. The fourth-order valence-electron chi connectivity index (χ4n) is 2.72. The van der Waals surface area contributed by atoms with Gasteiger partial charge in [-0.2, -0.15) is 0 Å². The molecule has 0 unspecified atom stereocenters. The molecule has 1 fully saturated rings. The summed E-state index contributed by atoms with van der Waals surface area (Å²) in [6, 6.07) is 1.82. The molecule has 1 aliphatic heterocycles. The lowest BCUT2D eigenvalue weighted by atomic mass is 10.1. The molecular weight excluding hydrogens is 312 g/mol. The maximum Gasteiger partial charge on any atom is 0.243 e. The van der Waals surface area contributed by atoms with Crippen LogP contribution in [0.4, 0.5) is 11.1 Å². The number of aromatic nitrogens is 3. The van der Waals surface area contributed by atoms with Gasteiger partial charge in [0.15, 0.2) is 5.13 Å². The molecule has 1 saturated heterocycles. The molecule has 2 aromatic heterocycles. The van der Waals surface area contributed by atoms with Crippen LogP contribution in [-0.4, -0.2) is 57.5 Å². The minimum Gasteiger partial charge on any atom is -0.343 e. The van der Waals surface area contributed by atoms with E-state index in [0.717, 1.165) is 24.8 Å². The molecule has 8 heteroatoms. The lowest BCUT2D eigenvalue weighted by Gasteiger charge is -2.41. The second kappa shape index (κ2) is 7.01. The minimum atomic E-state index is -0.222. The SMILES string of the molecule is C[C@H](C(=O)Nc1ncccn1)N1CCN(c2nccs2)[C@@H](C)C1. The number of carbonyl (C=O) groups excluding carboxylic acids is 1. The smallest absolute Gasteiger partial charge is 0.243 e. The quantitative estimate of drug-likeness (QED) is 0.914. The number of nitrogens with one attached hydrogen (secondary N) is 1. The van der Waals surface area contributed by atoms with Crippen LogP contribution in [0.15, 0.2) is 30.0 Å². The van der Waals surface area contributed by atoms with E-state index in [4.69, 9.17) is 0 Å². The molecule has 23 heavy (non-hydrogen) atoms. The Bertz CT molecular complexity index is 635. The Morgan fingerprint density at radius 2 is 2.09 bits per heavy atom. The molecule has 122 valence electrons. The number of amides is 1. The molecule has 2 atom stereocenters. The van der Waals surface area contributed by atoms with Crippen LogP contribution in [0.2, 0.25) is 0 Å². The van der Waals surface area contributed by atoms with Crippen molar-refractivity contribution in [3.8, 4) is 0 Å². The summed E-state index contributed by atoms with van der Waals surface area (Å²) in [7, 11) is 0. The summed E-state index contributed by atoms with van der Waals surface area (Å²) in [6.07, 6.45) is 5.05. The molecule has 0 spiro atoms. The van der Waals surface area contributed by atoms with Gasteiger partial charge in [-0.3, -0.25) is 15.0 Å². The Balaban J connectivity index is 1.58. The summed E-state index contributed by atoms with van der Waals surface area (Å²) >= 11 is 1.65. The summed E-state index contributed by atoms with van der Waals surface area (Å²) in [4.78, 5) is 29.3. The van der Waals surface area contributed by atoms with Gasteiger partial charge in [0.05, 0.1) is 6.04 Å². The van der Waals surface area contributed by atoms with Gasteiger partial charge in [-0.25, -0.2) is 15.0 Å². The van der Waals surface area contributed by atoms with Gasteiger partial charge in [0.2, 0.25) is 11.9 Å². The summed E-state index contributed by atoms with van der Waals surface area (Å²) < 4.78 is 0. The first kappa shape index (κ1) is 15.8. The highest BCUT2D eigenvalue weighted by Gasteiger charge is 2.30. The standard InChI is InChI=1S/C15H20N6OS/c1-11-10-20(7-8-21(11)15-18-6-9-23-15)12(2)13(22)19-14-16-4-3-5-17-14/h3-6,9,11-12H,7-8,10H2,1-2H3,(H,16,17,19,22)/t11-,12+/m0/s1. The van der Waals surface area contributed by atoms with Crippen LogP contribution in [0.1, 0.15) is 13.8 Å². The van der Waals surface area contributed by atoms with Gasteiger partial charge < -0.3 is 4.90 Å². The van der Waals surface area contributed by atoms with E-state index in [0.29, 0.717) is 12.0 Å². The van der Waals surface area contributed by atoms with Crippen molar-refractivity contribution in [2.75, 3.05) is 29.9 Å². The van der Waals surface area contributed by atoms with Gasteiger partial charge in [-0.15, -0.1) is 11.3 Å². The number of rotatable bonds is 4. The van der Waals surface area contributed by atoms with E-state index in [1.165, 1.54) is 0 Å². The Morgan fingerprint density at radius 3 is 2.74 bits per heavy atom. The van der Waals surface area contributed by atoms with E-state index >= 15 is 0 Å². The molecule has 0 bridgehead atoms. The van der Waals surface area contributed by atoms with E-state index in [1.807, 2.05) is 18.5 Å². The molecule has 0 aliphatic carbocycles. The van der Waals surface area contributed by atoms with Crippen LogP contribution in [0.25, 0.3) is 0 Å². The third-order valence-electron chi connectivity index (χ3n) is 4.05. The van der Waals surface area contributed by atoms with Crippen LogP contribution in [0.3, 0.4) is 0 Å². The Hall–Kier alpha value is -2.06. The Labute approximate surface area is 139 Å². The van der Waals surface area contributed by atoms with E-state index in [1.54, 1.807) is 29.8 Å². The van der Waals surface area contributed by atoms with E-state index in [2.05, 4.69) is 37.0 Å². The van der Waals surface area contributed by atoms with Gasteiger partial charge in [0, 0.05) is 49.6 Å². The first-order valence-corrected chi connectivity index (χ1v) is 8.51. The number of thiazole rings is 1. The molecule has 3 heterocycles. The van der Waals surface area contributed by atoms with Crippen molar-refractivity contribution < 1.29 is 4.79 Å². The topological polar surface area (TPSA) is 74.2 Å². The van der Waals surface area contributed by atoms with Crippen LogP contribution < -0.4 is 10.2 Å². The zero-order valence-electron chi connectivity index (χ0n) is 13.2. The number of carbonyl (C=O) groups is 1. The van der Waals surface area contributed by atoms with Crippen LogP contribution in [0.5, 0.6) is 0 Å². The first-order valence-electron chi connectivity index (χ1n) is 7.63. The maximum atomic E-state index is 12.4. The van der Waals surface area contributed by atoms with Crippen molar-refractivity contribution in [2.24, 2.45) is 0 Å². The lowest BCUT2D eigenvalue weighted by Crippen LogP contribution is -2.56. The monoisotopic (exact) mass is 332 g/mol. The summed E-state index contributed by atoms with van der Waals surface area (Å²) in [5.74, 6) is 0.268. The third-order valence-corrected chi connectivity index (χ3v) is 4.86. The lowest BCUT2D eigenvalue weighted by molar-refractivity contribution is -0.121. The van der Waals surface area contributed by atoms with Crippen molar-refractivity contribution in [2.45, 2.75) is 25.9 Å². The minimum absolute atomic E-state index is 0.0777. The normalized spacial score (nSPS) is 20.3. The second-order valence-electron chi connectivity index (χ2n) is 5.59. The summed E-state index contributed by atoms with van der Waals surface area (Å²) in [5.41, 5.74) is 0. The van der Waals surface area contributed by atoms with Gasteiger partial charge >= 0.3 is 0 Å². The molecule has 3 rings (SSSR count). The summed E-state index contributed by atoms with van der Waals surface area (Å²) in [6.45, 7) is 6.61. The molecular formula is C15H20N6OS. The van der Waals surface area contributed by atoms with Gasteiger partial charge in [-0.1, -0.05) is 0 Å². The third kappa shape index (κ3) is 3.65. The Kier molecular flexibility index (Phi) is 4.82. The Morgan fingerprint density at radius 1 is 1.30 bits per heavy atom. The van der Waals surface area contributed by atoms with E-state index in [-0.39, 0.29) is 11.9 Å². The van der Waals surface area contributed by atoms with Gasteiger partial charge in [0.1, 0.15) is 0 Å². The predicted molar refractivity (Wildman–Crippen MR) is 90.6 cm³/mol. The number of piperazine rings is 1. The van der Waals surface area contributed by atoms with Crippen molar-refractivity contribution in [1.82, 2.24) is 19.9 Å². The first-order chi connectivity index (χ1) is 11.1. The van der Waals surface area contributed by atoms with Crippen LogP contribution >= 0.6 is 11.3 Å². The van der Waals surface area contributed by atoms with Gasteiger partial charge in [0.25, 0.3) is 0 Å². The van der Waals surface area contributed by atoms with Crippen molar-refractivity contribution >= 4 is 28.3 Å². The predicted octanol–water partition coefficient (Wildman–Crippen LogP) is 1.47. The number of nitrogens with zero attached hydrogens (tertiary/aromatic N) is 5. The van der Waals surface area contributed by atoms with Crippen molar-refractivity contribution in [3.05, 3.63) is 30.0 Å². The molecule has 0 aromatic carbocycles. The average molecular weight is 332 g/mol. The average Bonchev–Trinajstić information content (AvgIpc) is 3.09. The number of hydrogen-bond donors (Lipinski definition) is 1. The molecule has 7 nitrogen and oxygen atoms in total. The fraction of sp³-hybridized carbons (Fsp3) is 0.467. The number of hydrogen-bond acceptors (Lipinski definition) is 7. The maximum absolute atomic E-state index is 12.4. The highest BCUT2D eigenvalue weighted by Crippen LogP contribution is 2.23. The molecule has 1 N–H and O–H groups in total. The van der Waals surface area contributed by atoms with Crippen LogP contribution in [0, 0.1) is 0 Å². The highest BCUT2D eigenvalue weighted by atomic mass is 32.1.